The highest BCUT2D eigenvalue weighted by atomic mass is 19.1. The van der Waals surface area contributed by atoms with Gasteiger partial charge in [-0.05, 0) is 71.7 Å². The van der Waals surface area contributed by atoms with Crippen LogP contribution in [-0.2, 0) is 4.74 Å². The number of hydrogen-bond acceptors (Lipinski definition) is 8. The number of anilines is 1. The van der Waals surface area contributed by atoms with Gasteiger partial charge in [-0.25, -0.2) is 13.7 Å². The summed E-state index contributed by atoms with van der Waals surface area (Å²) in [5.74, 6) is -0.540. The van der Waals surface area contributed by atoms with Crippen LogP contribution in [0.5, 0.6) is 0 Å². The van der Waals surface area contributed by atoms with Crippen molar-refractivity contribution in [3.05, 3.63) is 47.8 Å². The fourth-order valence-corrected chi connectivity index (χ4v) is 4.43. The van der Waals surface area contributed by atoms with Gasteiger partial charge in [-0.15, -0.1) is 0 Å². The quantitative estimate of drug-likeness (QED) is 0.391. The maximum Gasteiger partial charge on any atom is 0.410 e. The van der Waals surface area contributed by atoms with E-state index in [2.05, 4.69) is 26.8 Å². The van der Waals surface area contributed by atoms with Crippen molar-refractivity contribution in [1.82, 2.24) is 24.8 Å². The van der Waals surface area contributed by atoms with E-state index in [1.807, 2.05) is 32.9 Å². The Morgan fingerprint density at radius 2 is 1.90 bits per heavy atom. The number of pyridine rings is 1. The Bertz CT molecular complexity index is 1460. The zero-order valence-electron chi connectivity index (χ0n) is 23.9. The maximum absolute atomic E-state index is 14.3. The first kappa shape index (κ1) is 29.7. The topological polar surface area (TPSA) is 145 Å². The molecule has 0 saturated carbocycles. The monoisotopic (exact) mass is 565 g/mol. The number of ether oxygens (including phenoxy) is 1. The van der Waals surface area contributed by atoms with E-state index in [1.165, 1.54) is 26.2 Å². The molecule has 1 saturated heterocycles. The van der Waals surface area contributed by atoms with Gasteiger partial charge in [-0.1, -0.05) is 0 Å². The first-order chi connectivity index (χ1) is 19.2. The molecule has 41 heavy (non-hydrogen) atoms. The summed E-state index contributed by atoms with van der Waals surface area (Å²) in [5.41, 5.74) is 0.855. The molecule has 4 rings (SSSR count). The molecule has 0 radical (unpaired) electrons. The van der Waals surface area contributed by atoms with Gasteiger partial charge in [0.15, 0.2) is 0 Å². The second-order valence-electron chi connectivity index (χ2n) is 11.7. The lowest BCUT2D eigenvalue weighted by molar-refractivity contribution is -0.00178. The van der Waals surface area contributed by atoms with E-state index in [1.54, 1.807) is 21.5 Å². The second kappa shape index (κ2) is 11.7. The second-order valence-corrected chi connectivity index (χ2v) is 11.7. The predicted molar refractivity (Wildman–Crippen MR) is 151 cm³/mol. The third kappa shape index (κ3) is 7.29. The number of nitrogens with zero attached hydrogens (tertiary/aromatic N) is 5. The van der Waals surface area contributed by atoms with Gasteiger partial charge in [-0.3, -0.25) is 9.78 Å². The number of aromatic nitrogens is 3. The van der Waals surface area contributed by atoms with Crippen molar-refractivity contribution in [2.75, 3.05) is 25.0 Å². The molecule has 3 aromatic rings. The number of halogens is 1. The van der Waals surface area contributed by atoms with Gasteiger partial charge in [0.25, 0.3) is 5.91 Å². The lowest BCUT2D eigenvalue weighted by atomic mass is 10.0. The zero-order chi connectivity index (χ0) is 29.9. The summed E-state index contributed by atoms with van der Waals surface area (Å²) in [6, 6.07) is 9.12. The SMILES string of the molecule is CC(C)(C)OC(=O)N1CCC(Nc2cc(-c3ccc4cc(C#N)cnn34)ncc2C(=O)NC[C@@H](F)C(C)(C)O)CC1. The summed E-state index contributed by atoms with van der Waals surface area (Å²) < 4.78 is 21.5. The molecule has 0 unspecified atom stereocenters. The largest absolute Gasteiger partial charge is 0.444 e. The van der Waals surface area contributed by atoms with Crippen molar-refractivity contribution >= 4 is 23.2 Å². The molecule has 4 heterocycles. The summed E-state index contributed by atoms with van der Waals surface area (Å²) in [6.07, 6.45) is 2.10. The van der Waals surface area contributed by atoms with Crippen LogP contribution in [0, 0.1) is 11.3 Å². The Hall–Kier alpha value is -4.24. The van der Waals surface area contributed by atoms with Crippen LogP contribution >= 0.6 is 0 Å². The molecule has 0 aromatic carbocycles. The fraction of sp³-hybridized carbons (Fsp3) is 0.483. The number of nitrogens with one attached hydrogen (secondary N) is 2. The van der Waals surface area contributed by atoms with Crippen LogP contribution in [0.2, 0.25) is 0 Å². The Kier molecular flexibility index (Phi) is 8.49. The molecule has 1 atom stereocenters. The minimum Gasteiger partial charge on any atom is -0.444 e. The van der Waals surface area contributed by atoms with Gasteiger partial charge in [0.05, 0.1) is 52.1 Å². The van der Waals surface area contributed by atoms with E-state index in [0.717, 1.165) is 0 Å². The van der Waals surface area contributed by atoms with Crippen LogP contribution in [-0.4, -0.2) is 79.7 Å². The predicted octanol–water partition coefficient (Wildman–Crippen LogP) is 3.92. The summed E-state index contributed by atoms with van der Waals surface area (Å²) in [7, 11) is 0. The highest BCUT2D eigenvalue weighted by molar-refractivity contribution is 6.00. The highest BCUT2D eigenvalue weighted by Crippen LogP contribution is 2.28. The number of fused-ring (bicyclic) bond motifs is 1. The highest BCUT2D eigenvalue weighted by Gasteiger charge is 2.29. The van der Waals surface area contributed by atoms with Crippen molar-refractivity contribution in [1.29, 1.82) is 5.26 Å². The van der Waals surface area contributed by atoms with E-state index in [-0.39, 0.29) is 24.2 Å². The number of piperidine rings is 1. The zero-order valence-corrected chi connectivity index (χ0v) is 23.9. The smallest absolute Gasteiger partial charge is 0.410 e. The molecule has 12 heteroatoms. The number of nitriles is 1. The van der Waals surface area contributed by atoms with Crippen LogP contribution in [0.25, 0.3) is 16.9 Å². The number of alkyl halides is 1. The van der Waals surface area contributed by atoms with E-state index < -0.39 is 23.3 Å². The summed E-state index contributed by atoms with van der Waals surface area (Å²) in [5, 5.41) is 29.4. The molecule has 1 fully saturated rings. The van der Waals surface area contributed by atoms with Gasteiger partial charge in [0.2, 0.25) is 0 Å². The molecular weight excluding hydrogens is 529 g/mol. The molecule has 3 N–H and O–H groups in total. The Labute approximate surface area is 238 Å². The van der Waals surface area contributed by atoms with Crippen molar-refractivity contribution < 1.29 is 23.8 Å². The molecule has 1 aliphatic rings. The van der Waals surface area contributed by atoms with Gasteiger partial charge in [0.1, 0.15) is 17.8 Å². The molecule has 3 aromatic heterocycles. The number of amides is 2. The van der Waals surface area contributed by atoms with Crippen LogP contribution in [0.15, 0.2) is 36.7 Å². The van der Waals surface area contributed by atoms with Crippen molar-refractivity contribution in [3.63, 3.8) is 0 Å². The minimum absolute atomic E-state index is 0.0545. The third-order valence-corrected chi connectivity index (χ3v) is 6.76. The molecule has 1 aliphatic heterocycles. The van der Waals surface area contributed by atoms with Crippen LogP contribution in [0.4, 0.5) is 14.9 Å². The maximum atomic E-state index is 14.3. The van der Waals surface area contributed by atoms with E-state index in [4.69, 9.17) is 4.74 Å². The lowest BCUT2D eigenvalue weighted by Crippen LogP contribution is -2.45. The summed E-state index contributed by atoms with van der Waals surface area (Å²) >= 11 is 0. The Morgan fingerprint density at radius 3 is 2.54 bits per heavy atom. The van der Waals surface area contributed by atoms with Crippen LogP contribution in [0.1, 0.15) is 63.4 Å². The molecule has 2 amide bonds. The van der Waals surface area contributed by atoms with Gasteiger partial charge >= 0.3 is 6.09 Å². The number of likely N-dealkylation sites (tertiary alicyclic amines) is 1. The average Bonchev–Trinajstić information content (AvgIpc) is 3.33. The average molecular weight is 566 g/mol. The summed E-state index contributed by atoms with van der Waals surface area (Å²) in [4.78, 5) is 31.8. The number of rotatable bonds is 7. The van der Waals surface area contributed by atoms with E-state index >= 15 is 0 Å². The summed E-state index contributed by atoms with van der Waals surface area (Å²) in [6.45, 7) is 8.75. The normalized spacial score (nSPS) is 15.3. The third-order valence-electron chi connectivity index (χ3n) is 6.76. The van der Waals surface area contributed by atoms with Crippen molar-refractivity contribution in [2.24, 2.45) is 0 Å². The fourth-order valence-electron chi connectivity index (χ4n) is 4.43. The lowest BCUT2D eigenvalue weighted by Gasteiger charge is -2.34. The molecule has 218 valence electrons. The molecular formula is C29H36FN7O4. The molecule has 0 aliphatic carbocycles. The molecule has 11 nitrogen and oxygen atoms in total. The molecule has 0 bridgehead atoms. The number of carbonyl (C=O) groups excluding carboxylic acids is 2. The standard InChI is InChI=1S/C29H36FN7O4/c1-28(2,3)41-27(39)36-10-8-19(9-11-36)35-22-13-23(24-7-6-20-12-18(14-31)15-34-37(20)24)32-16-21(22)26(38)33-17-25(30)29(4,5)40/h6-7,12-13,15-16,19,25,40H,8-11,17H2,1-5H3,(H,32,35)(H,33,38)/t25-/m1/s1. The minimum atomic E-state index is -1.66. The number of aliphatic hydroxyl groups is 1. The number of carbonyl (C=O) groups is 2. The van der Waals surface area contributed by atoms with Gasteiger partial charge in [0, 0.05) is 25.3 Å². The van der Waals surface area contributed by atoms with Crippen molar-refractivity contribution in [3.8, 4) is 17.5 Å². The van der Waals surface area contributed by atoms with E-state index in [0.29, 0.717) is 54.1 Å². The van der Waals surface area contributed by atoms with E-state index in [9.17, 15) is 24.3 Å². The first-order valence-corrected chi connectivity index (χ1v) is 13.5. The van der Waals surface area contributed by atoms with Gasteiger partial charge < -0.3 is 25.4 Å². The Morgan fingerprint density at radius 1 is 1.20 bits per heavy atom. The van der Waals surface area contributed by atoms with Crippen LogP contribution in [0.3, 0.4) is 0 Å². The first-order valence-electron chi connectivity index (χ1n) is 13.5. The Balaban J connectivity index is 1.58. The molecule has 0 spiro atoms. The van der Waals surface area contributed by atoms with Crippen LogP contribution < -0.4 is 10.6 Å². The number of hydrogen-bond donors (Lipinski definition) is 3. The van der Waals surface area contributed by atoms with Gasteiger partial charge in [-0.2, -0.15) is 10.4 Å². The van der Waals surface area contributed by atoms with Crippen molar-refractivity contribution in [2.45, 2.75) is 70.9 Å².